The summed E-state index contributed by atoms with van der Waals surface area (Å²) in [6.07, 6.45) is 3.35. The fraction of sp³-hybridized carbons (Fsp3) is 0.769. The summed E-state index contributed by atoms with van der Waals surface area (Å²) in [4.78, 5) is 11.4. The second-order valence-corrected chi connectivity index (χ2v) is 5.50. The SMILES string of the molecule is CC1=CC(C)(C)[C@H](COC(=O)C(C)C)C1. The third-order valence-electron chi connectivity index (χ3n) is 3.14. The van der Waals surface area contributed by atoms with Gasteiger partial charge in [-0.3, -0.25) is 4.79 Å². The van der Waals surface area contributed by atoms with Gasteiger partial charge in [-0.1, -0.05) is 39.3 Å². The van der Waals surface area contributed by atoms with Crippen LogP contribution < -0.4 is 0 Å². The molecule has 1 aliphatic carbocycles. The number of carbonyl (C=O) groups excluding carboxylic acids is 1. The molecule has 0 bridgehead atoms. The summed E-state index contributed by atoms with van der Waals surface area (Å²) in [5.74, 6) is 0.333. The smallest absolute Gasteiger partial charge is 0.308 e. The monoisotopic (exact) mass is 210 g/mol. The zero-order chi connectivity index (χ0) is 11.6. The summed E-state index contributed by atoms with van der Waals surface area (Å²) in [6, 6.07) is 0. The van der Waals surface area contributed by atoms with Crippen molar-refractivity contribution in [2.75, 3.05) is 6.61 Å². The molecule has 86 valence electrons. The predicted octanol–water partition coefficient (Wildman–Crippen LogP) is 3.18. The zero-order valence-corrected chi connectivity index (χ0v) is 10.5. The lowest BCUT2D eigenvalue weighted by Crippen LogP contribution is -2.25. The molecule has 0 unspecified atom stereocenters. The van der Waals surface area contributed by atoms with E-state index in [1.807, 2.05) is 13.8 Å². The van der Waals surface area contributed by atoms with Crippen LogP contribution in [0.15, 0.2) is 11.6 Å². The van der Waals surface area contributed by atoms with Gasteiger partial charge in [0.05, 0.1) is 12.5 Å². The largest absolute Gasteiger partial charge is 0.465 e. The van der Waals surface area contributed by atoms with Crippen molar-refractivity contribution in [1.29, 1.82) is 0 Å². The van der Waals surface area contributed by atoms with Gasteiger partial charge in [0.2, 0.25) is 0 Å². The number of rotatable bonds is 3. The maximum absolute atomic E-state index is 11.4. The van der Waals surface area contributed by atoms with Gasteiger partial charge in [-0.2, -0.15) is 0 Å². The first-order valence-corrected chi connectivity index (χ1v) is 5.68. The van der Waals surface area contributed by atoms with Gasteiger partial charge in [-0.05, 0) is 18.8 Å². The topological polar surface area (TPSA) is 26.3 Å². The van der Waals surface area contributed by atoms with Crippen molar-refractivity contribution in [2.24, 2.45) is 17.3 Å². The Morgan fingerprint density at radius 1 is 1.60 bits per heavy atom. The molecule has 2 heteroatoms. The van der Waals surface area contributed by atoms with E-state index in [2.05, 4.69) is 26.8 Å². The van der Waals surface area contributed by atoms with E-state index in [1.54, 1.807) is 0 Å². The van der Waals surface area contributed by atoms with E-state index < -0.39 is 0 Å². The quantitative estimate of drug-likeness (QED) is 0.528. The molecule has 0 N–H and O–H groups in total. The Balaban J connectivity index is 2.45. The van der Waals surface area contributed by atoms with E-state index in [-0.39, 0.29) is 17.3 Å². The Kier molecular flexibility index (Phi) is 3.58. The average Bonchev–Trinajstić information content (AvgIpc) is 2.34. The van der Waals surface area contributed by atoms with Crippen LogP contribution in [0.1, 0.15) is 41.0 Å². The molecule has 1 atom stereocenters. The first kappa shape index (κ1) is 12.3. The highest BCUT2D eigenvalue weighted by Gasteiger charge is 2.33. The number of esters is 1. The number of ether oxygens (including phenoxy) is 1. The molecule has 2 nitrogen and oxygen atoms in total. The summed E-state index contributed by atoms with van der Waals surface area (Å²) in [7, 11) is 0. The van der Waals surface area contributed by atoms with Gasteiger partial charge in [0, 0.05) is 5.92 Å². The summed E-state index contributed by atoms with van der Waals surface area (Å²) in [6.45, 7) is 10.8. The van der Waals surface area contributed by atoms with E-state index in [4.69, 9.17) is 4.74 Å². The second-order valence-electron chi connectivity index (χ2n) is 5.50. The highest BCUT2D eigenvalue weighted by atomic mass is 16.5. The highest BCUT2D eigenvalue weighted by molar-refractivity contribution is 5.71. The van der Waals surface area contributed by atoms with E-state index >= 15 is 0 Å². The van der Waals surface area contributed by atoms with E-state index in [0.29, 0.717) is 12.5 Å². The molecule has 0 saturated carbocycles. The third kappa shape index (κ3) is 3.08. The van der Waals surface area contributed by atoms with Crippen molar-refractivity contribution >= 4 is 5.97 Å². The number of hydrogen-bond acceptors (Lipinski definition) is 2. The summed E-state index contributed by atoms with van der Waals surface area (Å²) in [5.41, 5.74) is 1.58. The van der Waals surface area contributed by atoms with Gasteiger partial charge in [-0.25, -0.2) is 0 Å². The van der Waals surface area contributed by atoms with Crippen molar-refractivity contribution in [3.63, 3.8) is 0 Å². The Hall–Kier alpha value is -0.790. The number of hydrogen-bond donors (Lipinski definition) is 0. The lowest BCUT2D eigenvalue weighted by molar-refractivity contribution is -0.149. The molecule has 0 aromatic heterocycles. The Morgan fingerprint density at radius 3 is 2.60 bits per heavy atom. The van der Waals surface area contributed by atoms with Crippen LogP contribution in [0.25, 0.3) is 0 Å². The molecule has 0 amide bonds. The molecule has 1 rings (SSSR count). The van der Waals surface area contributed by atoms with Crippen molar-refractivity contribution < 1.29 is 9.53 Å². The first-order chi connectivity index (χ1) is 6.83. The van der Waals surface area contributed by atoms with Crippen LogP contribution in [0.3, 0.4) is 0 Å². The van der Waals surface area contributed by atoms with Crippen LogP contribution in [0.5, 0.6) is 0 Å². The molecule has 0 radical (unpaired) electrons. The fourth-order valence-corrected chi connectivity index (χ4v) is 2.09. The van der Waals surface area contributed by atoms with Crippen LogP contribution in [0.4, 0.5) is 0 Å². The van der Waals surface area contributed by atoms with Crippen molar-refractivity contribution in [3.8, 4) is 0 Å². The molecule has 0 aliphatic heterocycles. The van der Waals surface area contributed by atoms with E-state index in [1.165, 1.54) is 5.57 Å². The Morgan fingerprint density at radius 2 is 2.20 bits per heavy atom. The second kappa shape index (κ2) is 4.38. The Bertz CT molecular complexity index is 274. The predicted molar refractivity (Wildman–Crippen MR) is 61.4 cm³/mol. The van der Waals surface area contributed by atoms with Crippen molar-refractivity contribution in [2.45, 2.75) is 41.0 Å². The van der Waals surface area contributed by atoms with Crippen LogP contribution in [-0.2, 0) is 9.53 Å². The molecule has 0 aromatic rings. The fourth-order valence-electron chi connectivity index (χ4n) is 2.09. The molecule has 0 heterocycles. The molecule has 15 heavy (non-hydrogen) atoms. The van der Waals surface area contributed by atoms with Crippen LogP contribution in [0.2, 0.25) is 0 Å². The minimum atomic E-state index is -0.0876. The minimum Gasteiger partial charge on any atom is -0.465 e. The van der Waals surface area contributed by atoms with Crippen LogP contribution in [-0.4, -0.2) is 12.6 Å². The lowest BCUT2D eigenvalue weighted by atomic mass is 9.83. The van der Waals surface area contributed by atoms with Gasteiger partial charge in [0.1, 0.15) is 0 Å². The highest BCUT2D eigenvalue weighted by Crippen LogP contribution is 2.40. The third-order valence-corrected chi connectivity index (χ3v) is 3.14. The summed E-state index contributed by atoms with van der Waals surface area (Å²) >= 11 is 0. The summed E-state index contributed by atoms with van der Waals surface area (Å²) < 4.78 is 5.30. The first-order valence-electron chi connectivity index (χ1n) is 5.68. The molecule has 0 aromatic carbocycles. The maximum atomic E-state index is 11.4. The minimum absolute atomic E-state index is 0.0245. The molecular formula is C13H22O2. The standard InChI is InChI=1S/C13H22O2/c1-9(2)12(14)15-8-11-6-10(3)7-13(11,4)5/h7,9,11H,6,8H2,1-5H3/t11-/m0/s1. The molecule has 0 fully saturated rings. The van der Waals surface area contributed by atoms with Gasteiger partial charge in [0.15, 0.2) is 0 Å². The van der Waals surface area contributed by atoms with Gasteiger partial charge in [0.25, 0.3) is 0 Å². The molecular weight excluding hydrogens is 188 g/mol. The normalized spacial score (nSPS) is 24.1. The van der Waals surface area contributed by atoms with Gasteiger partial charge in [-0.15, -0.1) is 0 Å². The molecule has 0 spiro atoms. The number of carbonyl (C=O) groups is 1. The van der Waals surface area contributed by atoms with Crippen LogP contribution >= 0.6 is 0 Å². The van der Waals surface area contributed by atoms with E-state index in [0.717, 1.165) is 6.42 Å². The maximum Gasteiger partial charge on any atom is 0.308 e. The number of allylic oxidation sites excluding steroid dienone is 2. The zero-order valence-electron chi connectivity index (χ0n) is 10.5. The lowest BCUT2D eigenvalue weighted by Gasteiger charge is -2.26. The average molecular weight is 210 g/mol. The van der Waals surface area contributed by atoms with Crippen molar-refractivity contribution in [3.05, 3.63) is 11.6 Å². The Labute approximate surface area is 92.7 Å². The van der Waals surface area contributed by atoms with Crippen LogP contribution in [0, 0.1) is 17.3 Å². The molecule has 1 aliphatic rings. The summed E-state index contributed by atoms with van der Waals surface area (Å²) in [5, 5.41) is 0. The van der Waals surface area contributed by atoms with Crippen molar-refractivity contribution in [1.82, 2.24) is 0 Å². The van der Waals surface area contributed by atoms with Gasteiger partial charge >= 0.3 is 5.97 Å². The van der Waals surface area contributed by atoms with Gasteiger partial charge < -0.3 is 4.74 Å². The van der Waals surface area contributed by atoms with E-state index in [9.17, 15) is 4.79 Å². The molecule has 0 saturated heterocycles.